The average molecular weight is 302 g/mol. The molecule has 116 valence electrons. The van der Waals surface area contributed by atoms with Gasteiger partial charge in [-0.15, -0.1) is 0 Å². The molecule has 0 radical (unpaired) electrons. The van der Waals surface area contributed by atoms with Crippen LogP contribution in [-0.4, -0.2) is 22.4 Å². The molecule has 5 nitrogen and oxygen atoms in total. The predicted molar refractivity (Wildman–Crippen MR) is 83.6 cm³/mol. The minimum atomic E-state index is -0.304. The van der Waals surface area contributed by atoms with E-state index >= 15 is 0 Å². The molecule has 0 bridgehead atoms. The first-order valence-electron chi connectivity index (χ1n) is 7.32. The highest BCUT2D eigenvalue weighted by Crippen LogP contribution is 2.13. The highest BCUT2D eigenvalue weighted by Gasteiger charge is 2.06. The Morgan fingerprint density at radius 2 is 1.82 bits per heavy atom. The molecule has 0 aliphatic carbocycles. The molecule has 0 fully saturated rings. The lowest BCUT2D eigenvalue weighted by molar-refractivity contribution is 0.0952. The van der Waals surface area contributed by atoms with E-state index in [2.05, 4.69) is 27.5 Å². The van der Waals surface area contributed by atoms with Gasteiger partial charge in [0.05, 0.1) is 5.56 Å². The van der Waals surface area contributed by atoms with E-state index in [1.54, 1.807) is 12.1 Å². The van der Waals surface area contributed by atoms with Gasteiger partial charge < -0.3 is 10.6 Å². The molecule has 0 saturated carbocycles. The van der Waals surface area contributed by atoms with Crippen LogP contribution in [0.15, 0.2) is 36.7 Å². The molecule has 1 aromatic heterocycles. The third-order valence-electron chi connectivity index (χ3n) is 3.08. The van der Waals surface area contributed by atoms with E-state index in [-0.39, 0.29) is 11.7 Å². The normalized spacial score (nSPS) is 10.3. The Morgan fingerprint density at radius 1 is 1.14 bits per heavy atom. The summed E-state index contributed by atoms with van der Waals surface area (Å²) < 4.78 is 12.8. The molecule has 0 spiro atoms. The SMILES string of the molecule is CCCCCNC(=O)c1cnc(Nc2ccc(F)cc2)nc1. The van der Waals surface area contributed by atoms with Crippen LogP contribution in [0.1, 0.15) is 36.5 Å². The highest BCUT2D eigenvalue weighted by atomic mass is 19.1. The fraction of sp³-hybridized carbons (Fsp3) is 0.312. The Labute approximate surface area is 129 Å². The second-order valence-corrected chi connectivity index (χ2v) is 4.89. The summed E-state index contributed by atoms with van der Waals surface area (Å²) in [7, 11) is 0. The fourth-order valence-corrected chi connectivity index (χ4v) is 1.85. The summed E-state index contributed by atoms with van der Waals surface area (Å²) >= 11 is 0. The summed E-state index contributed by atoms with van der Waals surface area (Å²) in [6, 6.07) is 5.88. The molecule has 6 heteroatoms. The lowest BCUT2D eigenvalue weighted by Crippen LogP contribution is -2.24. The van der Waals surface area contributed by atoms with Crippen LogP contribution in [0, 0.1) is 5.82 Å². The molecule has 0 aliphatic heterocycles. The third kappa shape index (κ3) is 4.80. The van der Waals surface area contributed by atoms with Gasteiger partial charge in [-0.1, -0.05) is 19.8 Å². The van der Waals surface area contributed by atoms with Crippen molar-refractivity contribution in [2.75, 3.05) is 11.9 Å². The number of nitrogens with one attached hydrogen (secondary N) is 2. The second-order valence-electron chi connectivity index (χ2n) is 4.89. The number of hydrogen-bond acceptors (Lipinski definition) is 4. The smallest absolute Gasteiger partial charge is 0.254 e. The Balaban J connectivity index is 1.89. The molecule has 1 amide bonds. The zero-order valence-electron chi connectivity index (χ0n) is 12.5. The largest absolute Gasteiger partial charge is 0.352 e. The van der Waals surface area contributed by atoms with Crippen LogP contribution in [0.3, 0.4) is 0 Å². The molecular formula is C16H19FN4O. The monoisotopic (exact) mass is 302 g/mol. The van der Waals surface area contributed by atoms with Gasteiger partial charge in [0.15, 0.2) is 0 Å². The van der Waals surface area contributed by atoms with Crippen molar-refractivity contribution in [3.8, 4) is 0 Å². The Kier molecular flexibility index (Phi) is 5.82. The standard InChI is InChI=1S/C16H19FN4O/c1-2-3-4-9-18-15(22)12-10-19-16(20-11-12)21-14-7-5-13(17)6-8-14/h5-8,10-11H,2-4,9H2,1H3,(H,18,22)(H,19,20,21). The first-order chi connectivity index (χ1) is 10.7. The van der Waals surface area contributed by atoms with E-state index in [9.17, 15) is 9.18 Å². The van der Waals surface area contributed by atoms with E-state index in [0.29, 0.717) is 23.7 Å². The zero-order chi connectivity index (χ0) is 15.8. The molecule has 0 aliphatic rings. The van der Waals surface area contributed by atoms with Crippen molar-refractivity contribution in [1.29, 1.82) is 0 Å². The van der Waals surface area contributed by atoms with Gasteiger partial charge >= 0.3 is 0 Å². The molecule has 0 unspecified atom stereocenters. The average Bonchev–Trinajstić information content (AvgIpc) is 2.54. The highest BCUT2D eigenvalue weighted by molar-refractivity contribution is 5.93. The van der Waals surface area contributed by atoms with Crippen LogP contribution in [0.25, 0.3) is 0 Å². The van der Waals surface area contributed by atoms with Crippen LogP contribution in [0.2, 0.25) is 0 Å². The quantitative estimate of drug-likeness (QED) is 0.770. The van der Waals surface area contributed by atoms with Crippen LogP contribution in [0.4, 0.5) is 16.0 Å². The molecule has 2 rings (SSSR count). The van der Waals surface area contributed by atoms with E-state index in [1.807, 2.05) is 0 Å². The number of hydrogen-bond donors (Lipinski definition) is 2. The Morgan fingerprint density at radius 3 is 2.45 bits per heavy atom. The van der Waals surface area contributed by atoms with Gasteiger partial charge in [0.1, 0.15) is 5.82 Å². The summed E-state index contributed by atoms with van der Waals surface area (Å²) in [5, 5.41) is 5.76. The zero-order valence-corrected chi connectivity index (χ0v) is 12.5. The number of anilines is 2. The van der Waals surface area contributed by atoms with E-state index in [0.717, 1.165) is 19.3 Å². The summed E-state index contributed by atoms with van der Waals surface area (Å²) in [5.41, 5.74) is 1.10. The summed E-state index contributed by atoms with van der Waals surface area (Å²) in [5.74, 6) is -0.125. The number of halogens is 1. The van der Waals surface area contributed by atoms with E-state index < -0.39 is 0 Å². The van der Waals surface area contributed by atoms with Crippen LogP contribution >= 0.6 is 0 Å². The van der Waals surface area contributed by atoms with Crippen molar-refractivity contribution in [2.45, 2.75) is 26.2 Å². The van der Waals surface area contributed by atoms with Crippen LogP contribution < -0.4 is 10.6 Å². The number of aromatic nitrogens is 2. The first kappa shape index (κ1) is 15.9. The van der Waals surface area contributed by atoms with Gasteiger partial charge in [-0.2, -0.15) is 0 Å². The van der Waals surface area contributed by atoms with Gasteiger partial charge in [-0.3, -0.25) is 4.79 Å². The number of nitrogens with zero attached hydrogens (tertiary/aromatic N) is 2. The third-order valence-corrected chi connectivity index (χ3v) is 3.08. The van der Waals surface area contributed by atoms with Crippen molar-refractivity contribution in [1.82, 2.24) is 15.3 Å². The summed E-state index contributed by atoms with van der Waals surface area (Å²) in [6.45, 7) is 2.77. The molecule has 2 aromatic rings. The Bertz CT molecular complexity index is 599. The summed E-state index contributed by atoms with van der Waals surface area (Å²) in [4.78, 5) is 20.0. The fourth-order valence-electron chi connectivity index (χ4n) is 1.85. The van der Waals surface area contributed by atoms with Crippen molar-refractivity contribution in [3.05, 3.63) is 48.0 Å². The minimum absolute atomic E-state index is 0.176. The molecule has 2 N–H and O–H groups in total. The van der Waals surface area contributed by atoms with Gasteiger partial charge in [0.25, 0.3) is 5.91 Å². The van der Waals surface area contributed by atoms with E-state index in [4.69, 9.17) is 0 Å². The van der Waals surface area contributed by atoms with Gasteiger partial charge in [0, 0.05) is 24.6 Å². The first-order valence-corrected chi connectivity index (χ1v) is 7.32. The van der Waals surface area contributed by atoms with Gasteiger partial charge in [-0.25, -0.2) is 14.4 Å². The van der Waals surface area contributed by atoms with Gasteiger partial charge in [0.2, 0.25) is 5.95 Å². The maximum Gasteiger partial charge on any atom is 0.254 e. The number of unbranched alkanes of at least 4 members (excludes halogenated alkanes) is 2. The molecule has 0 saturated heterocycles. The number of amides is 1. The maximum absolute atomic E-state index is 12.8. The van der Waals surface area contributed by atoms with Crippen molar-refractivity contribution in [2.24, 2.45) is 0 Å². The second kappa shape index (κ2) is 8.07. The summed E-state index contributed by atoms with van der Waals surface area (Å²) in [6.07, 6.45) is 6.11. The van der Waals surface area contributed by atoms with Crippen molar-refractivity contribution in [3.63, 3.8) is 0 Å². The topological polar surface area (TPSA) is 66.9 Å². The molecule has 1 aromatic carbocycles. The number of carbonyl (C=O) groups excluding carboxylic acids is 1. The number of benzene rings is 1. The molecular weight excluding hydrogens is 283 g/mol. The predicted octanol–water partition coefficient (Wildman–Crippen LogP) is 3.28. The maximum atomic E-state index is 12.8. The Hall–Kier alpha value is -2.50. The van der Waals surface area contributed by atoms with Gasteiger partial charge in [-0.05, 0) is 30.7 Å². The number of carbonyl (C=O) groups is 1. The van der Waals surface area contributed by atoms with Crippen LogP contribution in [-0.2, 0) is 0 Å². The van der Waals surface area contributed by atoms with Crippen molar-refractivity contribution < 1.29 is 9.18 Å². The molecule has 0 atom stereocenters. The number of rotatable bonds is 7. The lowest BCUT2D eigenvalue weighted by Gasteiger charge is -2.06. The van der Waals surface area contributed by atoms with E-state index in [1.165, 1.54) is 24.5 Å². The minimum Gasteiger partial charge on any atom is -0.352 e. The lowest BCUT2D eigenvalue weighted by atomic mass is 10.2. The van der Waals surface area contributed by atoms with Crippen molar-refractivity contribution >= 4 is 17.5 Å². The molecule has 22 heavy (non-hydrogen) atoms. The molecule has 1 heterocycles. The van der Waals surface area contributed by atoms with Crippen LogP contribution in [0.5, 0.6) is 0 Å².